The van der Waals surface area contributed by atoms with E-state index in [1.54, 1.807) is 17.8 Å². The van der Waals surface area contributed by atoms with Gasteiger partial charge >= 0.3 is 0 Å². The smallest absolute Gasteiger partial charge is 0.187 e. The SMILES string of the molecule is [C-]#[N+]c1ccc(Oc2ccc(SC)c(C)c2)c(CNC)c1. The van der Waals surface area contributed by atoms with Crippen LogP contribution in [0.1, 0.15) is 11.1 Å². The van der Waals surface area contributed by atoms with Gasteiger partial charge in [0, 0.05) is 11.4 Å². The number of nitrogens with one attached hydrogen (secondary N) is 1. The van der Waals surface area contributed by atoms with Crippen molar-refractivity contribution in [3.05, 3.63) is 58.9 Å². The molecule has 0 heterocycles. The van der Waals surface area contributed by atoms with Crippen LogP contribution < -0.4 is 10.1 Å². The molecule has 0 amide bonds. The average molecular weight is 298 g/mol. The molecule has 0 bridgehead atoms. The largest absolute Gasteiger partial charge is 0.457 e. The summed E-state index contributed by atoms with van der Waals surface area (Å²) in [5.41, 5.74) is 2.81. The fraction of sp³-hybridized carbons (Fsp3) is 0.235. The Bertz CT molecular complexity index is 677. The molecule has 3 nitrogen and oxygen atoms in total. The molecule has 0 aromatic heterocycles. The van der Waals surface area contributed by atoms with E-state index in [9.17, 15) is 0 Å². The Labute approximate surface area is 130 Å². The lowest BCUT2D eigenvalue weighted by molar-refractivity contribution is 0.473. The van der Waals surface area contributed by atoms with Crippen molar-refractivity contribution < 1.29 is 4.74 Å². The minimum atomic E-state index is 0.626. The molecule has 2 aromatic rings. The fourth-order valence-electron chi connectivity index (χ4n) is 2.10. The number of hydrogen-bond acceptors (Lipinski definition) is 3. The van der Waals surface area contributed by atoms with Crippen molar-refractivity contribution in [1.82, 2.24) is 5.32 Å². The quantitative estimate of drug-likeness (QED) is 0.635. The van der Waals surface area contributed by atoms with Crippen molar-refractivity contribution in [2.24, 2.45) is 0 Å². The first-order valence-corrected chi connectivity index (χ1v) is 7.88. The second-order valence-corrected chi connectivity index (χ2v) is 5.52. The maximum absolute atomic E-state index is 7.10. The van der Waals surface area contributed by atoms with Crippen LogP contribution >= 0.6 is 11.8 Å². The number of nitrogens with zero attached hydrogens (tertiary/aromatic N) is 1. The van der Waals surface area contributed by atoms with Crippen LogP contribution in [0.5, 0.6) is 11.5 Å². The minimum Gasteiger partial charge on any atom is -0.457 e. The molecule has 2 aromatic carbocycles. The van der Waals surface area contributed by atoms with E-state index < -0.39 is 0 Å². The average Bonchev–Trinajstić information content (AvgIpc) is 2.49. The van der Waals surface area contributed by atoms with Crippen LogP contribution in [0, 0.1) is 13.5 Å². The first-order chi connectivity index (χ1) is 10.2. The third-order valence-electron chi connectivity index (χ3n) is 3.13. The molecule has 108 valence electrons. The van der Waals surface area contributed by atoms with Gasteiger partial charge in [0.1, 0.15) is 11.5 Å². The lowest BCUT2D eigenvalue weighted by atomic mass is 10.1. The summed E-state index contributed by atoms with van der Waals surface area (Å²) >= 11 is 1.73. The maximum atomic E-state index is 7.10. The van der Waals surface area contributed by atoms with Crippen molar-refractivity contribution in [2.45, 2.75) is 18.4 Å². The zero-order valence-electron chi connectivity index (χ0n) is 12.4. The van der Waals surface area contributed by atoms with Crippen molar-refractivity contribution in [3.63, 3.8) is 0 Å². The zero-order chi connectivity index (χ0) is 15.2. The lowest BCUT2D eigenvalue weighted by Crippen LogP contribution is -2.06. The van der Waals surface area contributed by atoms with E-state index in [1.807, 2.05) is 31.3 Å². The van der Waals surface area contributed by atoms with E-state index in [0.29, 0.717) is 12.2 Å². The molecule has 0 saturated carbocycles. The third-order valence-corrected chi connectivity index (χ3v) is 4.03. The molecule has 0 unspecified atom stereocenters. The molecule has 0 aliphatic carbocycles. The highest BCUT2D eigenvalue weighted by Gasteiger charge is 2.07. The van der Waals surface area contributed by atoms with Crippen molar-refractivity contribution >= 4 is 17.4 Å². The van der Waals surface area contributed by atoms with E-state index in [0.717, 1.165) is 17.1 Å². The van der Waals surface area contributed by atoms with E-state index in [4.69, 9.17) is 11.3 Å². The van der Waals surface area contributed by atoms with Crippen LogP contribution in [0.4, 0.5) is 5.69 Å². The predicted octanol–water partition coefficient (Wildman–Crippen LogP) is 4.78. The van der Waals surface area contributed by atoms with Gasteiger partial charge in [-0.25, -0.2) is 4.85 Å². The second kappa shape index (κ2) is 7.16. The highest BCUT2D eigenvalue weighted by Crippen LogP contribution is 2.31. The molecule has 0 spiro atoms. The van der Waals surface area contributed by atoms with Crippen LogP contribution in [-0.4, -0.2) is 13.3 Å². The second-order valence-electron chi connectivity index (χ2n) is 4.67. The Hall–Kier alpha value is -1.96. The van der Waals surface area contributed by atoms with Crippen molar-refractivity contribution in [2.75, 3.05) is 13.3 Å². The zero-order valence-corrected chi connectivity index (χ0v) is 13.3. The molecule has 0 atom stereocenters. The molecular formula is C17H18N2OS. The molecule has 0 aliphatic heterocycles. The molecular weight excluding hydrogens is 280 g/mol. The molecule has 0 saturated heterocycles. The Kier molecular flexibility index (Phi) is 5.26. The Morgan fingerprint density at radius 1 is 1.24 bits per heavy atom. The summed E-state index contributed by atoms with van der Waals surface area (Å²) in [6.07, 6.45) is 2.07. The maximum Gasteiger partial charge on any atom is 0.187 e. The van der Waals surface area contributed by atoms with Crippen LogP contribution in [0.2, 0.25) is 0 Å². The molecule has 21 heavy (non-hydrogen) atoms. The van der Waals surface area contributed by atoms with Gasteiger partial charge in [-0.2, -0.15) is 0 Å². The number of benzene rings is 2. The summed E-state index contributed by atoms with van der Waals surface area (Å²) in [5.74, 6) is 1.60. The number of thioether (sulfide) groups is 1. The highest BCUT2D eigenvalue weighted by molar-refractivity contribution is 7.98. The van der Waals surface area contributed by atoms with Crippen LogP contribution in [0.3, 0.4) is 0 Å². The number of aryl methyl sites for hydroxylation is 1. The molecule has 0 aliphatic rings. The molecule has 2 rings (SSSR count). The number of hydrogen-bond donors (Lipinski definition) is 1. The number of rotatable bonds is 5. The summed E-state index contributed by atoms with van der Waals surface area (Å²) in [6, 6.07) is 11.6. The van der Waals surface area contributed by atoms with E-state index in [2.05, 4.69) is 29.4 Å². The van der Waals surface area contributed by atoms with Crippen LogP contribution in [-0.2, 0) is 6.54 Å². The van der Waals surface area contributed by atoms with Gasteiger partial charge in [-0.3, -0.25) is 0 Å². The van der Waals surface area contributed by atoms with Gasteiger partial charge in [-0.15, -0.1) is 11.8 Å². The molecule has 0 fully saturated rings. The first kappa shape index (κ1) is 15.4. The summed E-state index contributed by atoms with van der Waals surface area (Å²) in [6.45, 7) is 9.84. The first-order valence-electron chi connectivity index (χ1n) is 6.65. The van der Waals surface area contributed by atoms with Crippen molar-refractivity contribution in [3.8, 4) is 11.5 Å². The lowest BCUT2D eigenvalue weighted by Gasteiger charge is -2.13. The van der Waals surface area contributed by atoms with Crippen LogP contribution in [0.15, 0.2) is 41.3 Å². The van der Waals surface area contributed by atoms with Crippen molar-refractivity contribution in [1.29, 1.82) is 0 Å². The minimum absolute atomic E-state index is 0.626. The summed E-state index contributed by atoms with van der Waals surface area (Å²) in [5, 5.41) is 3.10. The van der Waals surface area contributed by atoms with Gasteiger partial charge in [0.15, 0.2) is 5.69 Å². The van der Waals surface area contributed by atoms with Gasteiger partial charge in [0.2, 0.25) is 0 Å². The van der Waals surface area contributed by atoms with E-state index >= 15 is 0 Å². The Morgan fingerprint density at radius 2 is 2.05 bits per heavy atom. The molecule has 0 radical (unpaired) electrons. The predicted molar refractivity (Wildman–Crippen MR) is 88.5 cm³/mol. The highest BCUT2D eigenvalue weighted by atomic mass is 32.2. The summed E-state index contributed by atoms with van der Waals surface area (Å²) in [7, 11) is 1.88. The van der Waals surface area contributed by atoms with Gasteiger partial charge in [0.25, 0.3) is 0 Å². The standard InChI is InChI=1S/C17H18N2OS/c1-12-9-15(6-8-17(12)21-4)20-16-7-5-14(19-3)10-13(16)11-18-2/h5-10,18H,11H2,1-2,4H3. The topological polar surface area (TPSA) is 25.6 Å². The monoisotopic (exact) mass is 298 g/mol. The Morgan fingerprint density at radius 3 is 2.67 bits per heavy atom. The molecule has 4 heteroatoms. The third kappa shape index (κ3) is 3.78. The summed E-state index contributed by atoms with van der Waals surface area (Å²) < 4.78 is 5.99. The van der Waals surface area contributed by atoms with Gasteiger partial charge in [-0.1, -0.05) is 6.07 Å². The summed E-state index contributed by atoms with van der Waals surface area (Å²) in [4.78, 5) is 4.71. The van der Waals surface area contributed by atoms with E-state index in [1.165, 1.54) is 10.5 Å². The normalized spacial score (nSPS) is 10.2. The van der Waals surface area contributed by atoms with Crippen LogP contribution in [0.25, 0.3) is 4.85 Å². The van der Waals surface area contributed by atoms with Gasteiger partial charge < -0.3 is 10.1 Å². The Balaban J connectivity index is 2.30. The molecule has 1 N–H and O–H groups in total. The van der Waals surface area contributed by atoms with Gasteiger partial charge in [0.05, 0.1) is 6.57 Å². The number of ether oxygens (including phenoxy) is 1. The van der Waals surface area contributed by atoms with E-state index in [-0.39, 0.29) is 0 Å². The fourth-order valence-corrected chi connectivity index (χ4v) is 2.69. The van der Waals surface area contributed by atoms with Gasteiger partial charge in [-0.05, 0) is 61.7 Å².